The molecular weight excluding hydrogens is 386 g/mol. The van der Waals surface area contributed by atoms with Crippen molar-refractivity contribution in [1.29, 1.82) is 0 Å². The highest BCUT2D eigenvalue weighted by Crippen LogP contribution is 2.30. The molecule has 4 aromatic rings. The predicted octanol–water partition coefficient (Wildman–Crippen LogP) is 5.33. The third-order valence-corrected chi connectivity index (χ3v) is 5.01. The van der Waals surface area contributed by atoms with E-state index in [1.165, 1.54) is 12.1 Å². The first-order chi connectivity index (χ1) is 14.6. The average molecular weight is 406 g/mol. The van der Waals surface area contributed by atoms with E-state index in [1.54, 1.807) is 12.1 Å². The van der Waals surface area contributed by atoms with Crippen LogP contribution in [-0.2, 0) is 0 Å². The van der Waals surface area contributed by atoms with Crippen molar-refractivity contribution in [2.45, 2.75) is 12.5 Å². The van der Waals surface area contributed by atoms with Crippen molar-refractivity contribution >= 4 is 16.8 Å². The molecule has 0 saturated carbocycles. The van der Waals surface area contributed by atoms with Crippen molar-refractivity contribution in [2.24, 2.45) is 0 Å². The van der Waals surface area contributed by atoms with Crippen molar-refractivity contribution < 1.29 is 18.3 Å². The summed E-state index contributed by atoms with van der Waals surface area (Å²) in [4.78, 5) is 16.0. The molecule has 1 atom stereocenters. The third kappa shape index (κ3) is 4.17. The molecule has 0 aliphatic carbocycles. The van der Waals surface area contributed by atoms with Gasteiger partial charge in [0.25, 0.3) is 5.91 Å². The molecule has 0 aliphatic rings. The van der Waals surface area contributed by atoms with Gasteiger partial charge in [-0.2, -0.15) is 8.78 Å². The lowest BCUT2D eigenvalue weighted by molar-refractivity contribution is -0.0501. The number of alkyl halides is 2. The molecule has 1 amide bonds. The molecule has 1 heterocycles. The van der Waals surface area contributed by atoms with Crippen LogP contribution < -0.4 is 10.1 Å². The van der Waals surface area contributed by atoms with E-state index in [4.69, 9.17) is 0 Å². The number of amides is 1. The van der Waals surface area contributed by atoms with Crippen LogP contribution in [0.15, 0.2) is 85.1 Å². The Balaban J connectivity index is 1.62. The maximum Gasteiger partial charge on any atom is 0.387 e. The number of H-pyrrole nitrogens is 1. The van der Waals surface area contributed by atoms with E-state index >= 15 is 0 Å². The summed E-state index contributed by atoms with van der Waals surface area (Å²) < 4.78 is 29.8. The topological polar surface area (TPSA) is 54.1 Å². The molecule has 152 valence electrons. The van der Waals surface area contributed by atoms with Gasteiger partial charge in [-0.3, -0.25) is 4.79 Å². The monoisotopic (exact) mass is 406 g/mol. The number of rotatable bonds is 7. The SMILES string of the molecule is O=C(NC[C@H](c1ccccc1)c1c[nH]c2ccccc12)c1ccccc1OC(F)F. The summed E-state index contributed by atoms with van der Waals surface area (Å²) in [6.07, 6.45) is 1.95. The molecule has 0 spiro atoms. The Morgan fingerprint density at radius 3 is 2.43 bits per heavy atom. The minimum absolute atomic E-state index is 0.0727. The number of carbonyl (C=O) groups is 1. The number of hydrogen-bond donors (Lipinski definition) is 2. The van der Waals surface area contributed by atoms with Crippen molar-refractivity contribution in [3.63, 3.8) is 0 Å². The molecule has 2 N–H and O–H groups in total. The van der Waals surface area contributed by atoms with E-state index in [9.17, 15) is 13.6 Å². The second kappa shape index (κ2) is 8.78. The van der Waals surface area contributed by atoms with E-state index in [0.717, 1.165) is 22.0 Å². The summed E-state index contributed by atoms with van der Waals surface area (Å²) in [5.41, 5.74) is 3.17. The van der Waals surface area contributed by atoms with Gasteiger partial charge < -0.3 is 15.0 Å². The lowest BCUT2D eigenvalue weighted by Crippen LogP contribution is -2.29. The van der Waals surface area contributed by atoms with Crippen molar-refractivity contribution in [3.8, 4) is 5.75 Å². The van der Waals surface area contributed by atoms with E-state index < -0.39 is 12.5 Å². The summed E-state index contributed by atoms with van der Waals surface area (Å²) in [5.74, 6) is -0.727. The van der Waals surface area contributed by atoms with Crippen molar-refractivity contribution in [1.82, 2.24) is 10.3 Å². The van der Waals surface area contributed by atoms with Crippen LogP contribution >= 0.6 is 0 Å². The number of aromatic nitrogens is 1. The Bertz CT molecular complexity index is 1140. The number of carbonyl (C=O) groups excluding carboxylic acids is 1. The minimum atomic E-state index is -3.00. The van der Waals surface area contributed by atoms with Gasteiger partial charge in [-0.05, 0) is 29.3 Å². The standard InChI is InChI=1S/C24H20F2N2O2/c25-24(26)30-22-13-7-5-11-18(22)23(29)28-14-19(16-8-2-1-3-9-16)20-15-27-21-12-6-4-10-17(20)21/h1-13,15,19,24,27H,14H2,(H,28,29)/t19-/m1/s1. The van der Waals surface area contributed by atoms with Crippen LogP contribution in [0.4, 0.5) is 8.78 Å². The van der Waals surface area contributed by atoms with Gasteiger partial charge in [-0.25, -0.2) is 0 Å². The molecule has 0 radical (unpaired) electrons. The second-order valence-electron chi connectivity index (χ2n) is 6.84. The molecule has 0 saturated heterocycles. The number of fused-ring (bicyclic) bond motifs is 1. The first kappa shape index (κ1) is 19.6. The zero-order valence-corrected chi connectivity index (χ0v) is 16.0. The zero-order valence-electron chi connectivity index (χ0n) is 16.0. The number of ether oxygens (including phenoxy) is 1. The molecule has 4 nitrogen and oxygen atoms in total. The van der Waals surface area contributed by atoms with Crippen molar-refractivity contribution in [3.05, 3.63) is 102 Å². The minimum Gasteiger partial charge on any atom is -0.434 e. The van der Waals surface area contributed by atoms with Crippen LogP contribution in [0.5, 0.6) is 5.75 Å². The lowest BCUT2D eigenvalue weighted by Gasteiger charge is -2.19. The molecular formula is C24H20F2N2O2. The first-order valence-corrected chi connectivity index (χ1v) is 9.56. The summed E-state index contributed by atoms with van der Waals surface area (Å²) in [6.45, 7) is -2.70. The maximum absolute atomic E-state index is 12.8. The van der Waals surface area contributed by atoms with Crippen LogP contribution in [-0.4, -0.2) is 24.0 Å². The third-order valence-electron chi connectivity index (χ3n) is 5.01. The fraction of sp³-hybridized carbons (Fsp3) is 0.125. The van der Waals surface area contributed by atoms with E-state index in [1.807, 2.05) is 60.8 Å². The molecule has 0 bridgehead atoms. The molecule has 1 aromatic heterocycles. The second-order valence-corrected chi connectivity index (χ2v) is 6.84. The number of benzene rings is 3. The Morgan fingerprint density at radius 1 is 0.933 bits per heavy atom. The lowest BCUT2D eigenvalue weighted by atomic mass is 9.91. The molecule has 4 rings (SSSR count). The maximum atomic E-state index is 12.8. The van der Waals surface area contributed by atoms with Gasteiger partial charge in [-0.15, -0.1) is 0 Å². The van der Waals surface area contributed by atoms with Gasteiger partial charge in [0.15, 0.2) is 0 Å². The molecule has 0 unspecified atom stereocenters. The van der Waals surface area contributed by atoms with Gasteiger partial charge in [-0.1, -0.05) is 60.7 Å². The predicted molar refractivity (Wildman–Crippen MR) is 112 cm³/mol. The highest BCUT2D eigenvalue weighted by molar-refractivity contribution is 5.97. The molecule has 0 aliphatic heterocycles. The zero-order chi connectivity index (χ0) is 20.9. The Kier molecular flexibility index (Phi) is 5.75. The van der Waals surface area contributed by atoms with E-state index in [-0.39, 0.29) is 17.2 Å². The van der Waals surface area contributed by atoms with Gasteiger partial charge in [0.05, 0.1) is 5.56 Å². The number of nitrogens with one attached hydrogen (secondary N) is 2. The summed E-state index contributed by atoms with van der Waals surface area (Å²) >= 11 is 0. The van der Waals surface area contributed by atoms with Crippen LogP contribution in [0.1, 0.15) is 27.4 Å². The van der Waals surface area contributed by atoms with Crippen LogP contribution in [0, 0.1) is 0 Å². The summed E-state index contributed by atoms with van der Waals surface area (Å²) in [7, 11) is 0. The van der Waals surface area contributed by atoms with Gasteiger partial charge >= 0.3 is 6.61 Å². The number of halogens is 2. The van der Waals surface area contributed by atoms with Crippen LogP contribution in [0.3, 0.4) is 0 Å². The summed E-state index contributed by atoms with van der Waals surface area (Å²) in [5, 5.41) is 3.96. The number of aromatic amines is 1. The van der Waals surface area contributed by atoms with E-state index in [2.05, 4.69) is 15.0 Å². The van der Waals surface area contributed by atoms with Crippen LogP contribution in [0.2, 0.25) is 0 Å². The van der Waals surface area contributed by atoms with Gasteiger partial charge in [0.2, 0.25) is 0 Å². The highest BCUT2D eigenvalue weighted by Gasteiger charge is 2.21. The molecule has 3 aromatic carbocycles. The fourth-order valence-corrected chi connectivity index (χ4v) is 3.62. The first-order valence-electron chi connectivity index (χ1n) is 9.56. The Morgan fingerprint density at radius 2 is 1.63 bits per heavy atom. The molecule has 30 heavy (non-hydrogen) atoms. The van der Waals surface area contributed by atoms with Gasteiger partial charge in [0.1, 0.15) is 5.75 Å². The van der Waals surface area contributed by atoms with Crippen LogP contribution in [0.25, 0.3) is 10.9 Å². The van der Waals surface area contributed by atoms with Crippen molar-refractivity contribution in [2.75, 3.05) is 6.54 Å². The van der Waals surface area contributed by atoms with E-state index in [0.29, 0.717) is 6.54 Å². The highest BCUT2D eigenvalue weighted by atomic mass is 19.3. The number of hydrogen-bond acceptors (Lipinski definition) is 2. The quantitative estimate of drug-likeness (QED) is 0.436. The van der Waals surface area contributed by atoms with Gasteiger partial charge in [0, 0.05) is 29.6 Å². The summed E-state index contributed by atoms with van der Waals surface area (Å²) in [6, 6.07) is 23.8. The molecule has 0 fully saturated rings. The molecule has 6 heteroatoms. The largest absolute Gasteiger partial charge is 0.434 e. The fourth-order valence-electron chi connectivity index (χ4n) is 3.62. The Hall–Kier alpha value is -3.67. The normalized spacial score (nSPS) is 12.1. The Labute approximate surface area is 172 Å². The number of para-hydroxylation sites is 2. The average Bonchev–Trinajstić information content (AvgIpc) is 3.18. The smallest absolute Gasteiger partial charge is 0.387 e.